The van der Waals surface area contributed by atoms with E-state index >= 15 is 0 Å². The second kappa shape index (κ2) is 9.09. The van der Waals surface area contributed by atoms with E-state index in [0.29, 0.717) is 22.0 Å². The number of carbonyl (C=O) groups excluding carboxylic acids is 2. The average molecular weight is 515 g/mol. The highest BCUT2D eigenvalue weighted by Gasteiger charge is 2.49. The molecule has 2 aliphatic rings. The van der Waals surface area contributed by atoms with Gasteiger partial charge in [0.2, 0.25) is 0 Å². The van der Waals surface area contributed by atoms with E-state index in [-0.39, 0.29) is 34.9 Å². The number of rotatable bonds is 2. The maximum absolute atomic E-state index is 13.9. The number of hydrogen-bond acceptors (Lipinski definition) is 3. The molecular formula is C27H19ClF4N2O2. The summed E-state index contributed by atoms with van der Waals surface area (Å²) in [5.41, 5.74) is 1.76. The second-order valence-corrected chi connectivity index (χ2v) is 9.18. The number of benzene rings is 3. The highest BCUT2D eigenvalue weighted by atomic mass is 35.5. The summed E-state index contributed by atoms with van der Waals surface area (Å²) in [6.07, 6.45) is -4.85. The molecular weight excluding hydrogens is 496 g/mol. The summed E-state index contributed by atoms with van der Waals surface area (Å²) < 4.78 is 55.3. The first kappa shape index (κ1) is 24.1. The van der Waals surface area contributed by atoms with Crippen molar-refractivity contribution in [2.45, 2.75) is 31.0 Å². The van der Waals surface area contributed by atoms with Crippen LogP contribution in [0.15, 0.2) is 84.1 Å². The molecule has 36 heavy (non-hydrogen) atoms. The Morgan fingerprint density at radius 2 is 1.56 bits per heavy atom. The van der Waals surface area contributed by atoms with E-state index in [2.05, 4.69) is 5.32 Å². The molecule has 9 heteroatoms. The highest BCUT2D eigenvalue weighted by Crippen LogP contribution is 2.48. The van der Waals surface area contributed by atoms with Gasteiger partial charge >= 0.3 is 12.1 Å². The molecule has 3 aromatic carbocycles. The lowest BCUT2D eigenvalue weighted by molar-refractivity contribution is -0.170. The van der Waals surface area contributed by atoms with Crippen LogP contribution in [0.2, 0.25) is 5.02 Å². The van der Waals surface area contributed by atoms with Crippen molar-refractivity contribution in [3.05, 3.63) is 106 Å². The van der Waals surface area contributed by atoms with E-state index in [1.807, 2.05) is 12.1 Å². The summed E-state index contributed by atoms with van der Waals surface area (Å²) in [6, 6.07) is 16.5. The largest absolute Gasteiger partial charge is 0.471 e. The Morgan fingerprint density at radius 1 is 0.917 bits per heavy atom. The number of fused-ring (bicyclic) bond motifs is 1. The van der Waals surface area contributed by atoms with Crippen LogP contribution in [0.3, 0.4) is 0 Å². The van der Waals surface area contributed by atoms with Crippen LogP contribution in [0.1, 0.15) is 35.9 Å². The molecule has 184 valence electrons. The first-order valence-corrected chi connectivity index (χ1v) is 11.5. The predicted molar refractivity (Wildman–Crippen MR) is 128 cm³/mol. The Kier molecular flexibility index (Phi) is 6.08. The number of halogens is 5. The summed E-state index contributed by atoms with van der Waals surface area (Å²) >= 11 is 6.00. The Labute approximate surface area is 209 Å². The third kappa shape index (κ3) is 4.37. The maximum Gasteiger partial charge on any atom is 0.471 e. The number of para-hydroxylation sites is 2. The molecule has 1 aliphatic heterocycles. The smallest absolute Gasteiger partial charge is 0.357 e. The van der Waals surface area contributed by atoms with Crippen LogP contribution in [0.25, 0.3) is 0 Å². The molecule has 0 bridgehead atoms. The molecule has 1 amide bonds. The molecule has 1 aliphatic carbocycles. The van der Waals surface area contributed by atoms with Gasteiger partial charge in [-0.1, -0.05) is 48.0 Å². The van der Waals surface area contributed by atoms with Crippen molar-refractivity contribution >= 4 is 34.7 Å². The summed E-state index contributed by atoms with van der Waals surface area (Å²) in [7, 11) is 0. The van der Waals surface area contributed by atoms with Gasteiger partial charge in [-0.25, -0.2) is 4.39 Å². The molecule has 0 aromatic heterocycles. The van der Waals surface area contributed by atoms with Gasteiger partial charge in [0.25, 0.3) is 0 Å². The first-order chi connectivity index (χ1) is 17.1. The van der Waals surface area contributed by atoms with Crippen LogP contribution in [-0.4, -0.2) is 17.9 Å². The number of Topliss-reactive ketones (excluding diaryl/α,β-unsaturated/α-hetero) is 1. The number of nitrogens with one attached hydrogen (secondary N) is 1. The van der Waals surface area contributed by atoms with Crippen LogP contribution in [0, 0.1) is 5.82 Å². The lowest BCUT2D eigenvalue weighted by Crippen LogP contribution is -2.45. The lowest BCUT2D eigenvalue weighted by Gasteiger charge is -2.35. The number of anilines is 2. The van der Waals surface area contributed by atoms with Crippen molar-refractivity contribution in [1.82, 2.24) is 0 Å². The van der Waals surface area contributed by atoms with Crippen molar-refractivity contribution in [1.29, 1.82) is 0 Å². The van der Waals surface area contributed by atoms with Gasteiger partial charge in [0, 0.05) is 22.7 Å². The van der Waals surface area contributed by atoms with Gasteiger partial charge < -0.3 is 5.32 Å². The summed E-state index contributed by atoms with van der Waals surface area (Å²) in [4.78, 5) is 27.1. The van der Waals surface area contributed by atoms with E-state index in [4.69, 9.17) is 11.6 Å². The molecule has 3 aromatic rings. The quantitative estimate of drug-likeness (QED) is 0.377. The zero-order valence-corrected chi connectivity index (χ0v) is 19.4. The normalized spacial score (nSPS) is 19.8. The minimum Gasteiger partial charge on any atom is -0.357 e. The van der Waals surface area contributed by atoms with Crippen LogP contribution in [0.4, 0.5) is 28.9 Å². The molecule has 2 atom stereocenters. The van der Waals surface area contributed by atoms with Gasteiger partial charge in [-0.15, -0.1) is 0 Å². The molecule has 0 radical (unpaired) electrons. The monoisotopic (exact) mass is 514 g/mol. The van der Waals surface area contributed by atoms with Gasteiger partial charge in [0.05, 0.1) is 17.4 Å². The predicted octanol–water partition coefficient (Wildman–Crippen LogP) is 6.94. The molecule has 0 spiro atoms. The van der Waals surface area contributed by atoms with Gasteiger partial charge in [0.15, 0.2) is 5.78 Å². The fourth-order valence-corrected chi connectivity index (χ4v) is 5.01. The van der Waals surface area contributed by atoms with E-state index in [1.165, 1.54) is 24.3 Å². The Morgan fingerprint density at radius 3 is 2.22 bits per heavy atom. The van der Waals surface area contributed by atoms with E-state index in [9.17, 15) is 27.2 Å². The lowest BCUT2D eigenvalue weighted by atomic mass is 9.78. The minimum atomic E-state index is -5.21. The van der Waals surface area contributed by atoms with Crippen molar-refractivity contribution in [2.75, 3.05) is 10.2 Å². The number of alkyl halides is 3. The van der Waals surface area contributed by atoms with E-state index in [0.717, 1.165) is 17.7 Å². The molecule has 4 nitrogen and oxygen atoms in total. The van der Waals surface area contributed by atoms with Gasteiger partial charge in [0.1, 0.15) is 5.82 Å². The Balaban J connectivity index is 1.72. The number of amides is 1. The number of nitrogens with zero attached hydrogens (tertiary/aromatic N) is 1. The second-order valence-electron chi connectivity index (χ2n) is 8.74. The van der Waals surface area contributed by atoms with Gasteiger partial charge in [-0.3, -0.25) is 14.5 Å². The molecule has 1 N–H and O–H groups in total. The number of ketones is 1. The average Bonchev–Trinajstić information content (AvgIpc) is 2.98. The molecule has 0 unspecified atom stereocenters. The topological polar surface area (TPSA) is 49.4 Å². The van der Waals surface area contributed by atoms with Crippen molar-refractivity contribution < 1.29 is 27.2 Å². The molecule has 5 rings (SSSR count). The first-order valence-electron chi connectivity index (χ1n) is 11.2. The van der Waals surface area contributed by atoms with E-state index < -0.39 is 29.7 Å². The van der Waals surface area contributed by atoms with Crippen molar-refractivity contribution in [2.24, 2.45) is 0 Å². The zero-order chi connectivity index (χ0) is 25.6. The third-order valence-electron chi connectivity index (χ3n) is 6.48. The van der Waals surface area contributed by atoms with Crippen LogP contribution in [0.5, 0.6) is 0 Å². The fourth-order valence-electron chi connectivity index (χ4n) is 4.88. The molecule has 0 saturated heterocycles. The van der Waals surface area contributed by atoms with Crippen LogP contribution in [-0.2, 0) is 9.59 Å². The molecule has 1 heterocycles. The molecule has 0 fully saturated rings. The Bertz CT molecular complexity index is 1370. The van der Waals surface area contributed by atoms with Crippen molar-refractivity contribution in [3.8, 4) is 0 Å². The SMILES string of the molecule is O=C1C[C@@H](c2ccc(Cl)cc2)CC2=C1[C@H](c1ccc(F)cc1)N(C(=O)C(F)(F)F)c1ccccc1N2. The van der Waals surface area contributed by atoms with Gasteiger partial charge in [-0.05, 0) is 59.9 Å². The number of allylic oxidation sites excluding steroid dienone is 1. The van der Waals surface area contributed by atoms with Crippen molar-refractivity contribution in [3.63, 3.8) is 0 Å². The van der Waals surface area contributed by atoms with Crippen LogP contribution < -0.4 is 10.2 Å². The number of hydrogen-bond donors (Lipinski definition) is 1. The standard InChI is InChI=1S/C27H19ClF4N2O2/c28-18-9-5-15(6-10-18)17-13-21-24(23(35)14-17)25(16-7-11-19(29)12-8-16)34(26(36)27(30,31)32)22-4-2-1-3-20(22)33-21/h1-12,17,25,33H,13-14H2/t17-,25-/m0/s1. The third-order valence-corrected chi connectivity index (χ3v) is 6.73. The number of carbonyl (C=O) groups is 2. The Hall–Kier alpha value is -3.65. The summed E-state index contributed by atoms with van der Waals surface area (Å²) in [5, 5.41) is 3.69. The highest BCUT2D eigenvalue weighted by molar-refractivity contribution is 6.30. The van der Waals surface area contributed by atoms with E-state index in [1.54, 1.807) is 24.3 Å². The summed E-state index contributed by atoms with van der Waals surface area (Å²) in [5.74, 6) is -3.35. The van der Waals surface area contributed by atoms with Crippen LogP contribution >= 0.6 is 11.6 Å². The zero-order valence-electron chi connectivity index (χ0n) is 18.7. The minimum absolute atomic E-state index is 0.0283. The fraction of sp³-hybridized carbons (Fsp3) is 0.185. The maximum atomic E-state index is 13.9. The van der Waals surface area contributed by atoms with Gasteiger partial charge in [-0.2, -0.15) is 13.2 Å². The molecule has 0 saturated carbocycles. The summed E-state index contributed by atoms with van der Waals surface area (Å²) in [6.45, 7) is 0.